The zero-order valence-electron chi connectivity index (χ0n) is 12.9. The summed E-state index contributed by atoms with van der Waals surface area (Å²) < 4.78 is 1.48. The normalized spacial score (nSPS) is 12.0. The van der Waals surface area contributed by atoms with Crippen molar-refractivity contribution in [2.24, 2.45) is 7.05 Å². The molecule has 0 radical (unpaired) electrons. The van der Waals surface area contributed by atoms with Gasteiger partial charge in [0.05, 0.1) is 5.69 Å². The molecule has 6 nitrogen and oxygen atoms in total. The molecule has 1 unspecified atom stereocenters. The molecule has 1 aromatic carbocycles. The smallest absolute Gasteiger partial charge is 0.326 e. The number of rotatable bonds is 5. The lowest BCUT2D eigenvalue weighted by Crippen LogP contribution is -2.43. The summed E-state index contributed by atoms with van der Waals surface area (Å²) in [5.74, 6) is -1.38. The van der Waals surface area contributed by atoms with E-state index < -0.39 is 12.0 Å². The van der Waals surface area contributed by atoms with Gasteiger partial charge < -0.3 is 10.0 Å². The monoisotopic (exact) mass is 301 g/mol. The number of carbonyl (C=O) groups is 2. The summed E-state index contributed by atoms with van der Waals surface area (Å²) in [6.07, 6.45) is 0. The molecule has 0 aliphatic rings. The Morgan fingerprint density at radius 3 is 2.45 bits per heavy atom. The number of amides is 1. The second kappa shape index (κ2) is 6.43. The van der Waals surface area contributed by atoms with Crippen LogP contribution in [-0.2, 0) is 18.4 Å². The number of aromatic nitrogens is 2. The van der Waals surface area contributed by atoms with Crippen molar-refractivity contribution in [2.45, 2.75) is 26.4 Å². The summed E-state index contributed by atoms with van der Waals surface area (Å²) in [5.41, 5.74) is 1.97. The van der Waals surface area contributed by atoms with Gasteiger partial charge in [0.15, 0.2) is 0 Å². The first-order chi connectivity index (χ1) is 10.4. The molecule has 1 aromatic heterocycles. The van der Waals surface area contributed by atoms with Crippen LogP contribution in [0.2, 0.25) is 0 Å². The Morgan fingerprint density at radius 1 is 1.32 bits per heavy atom. The number of carbonyl (C=O) groups excluding carboxylic acids is 1. The topological polar surface area (TPSA) is 75.4 Å². The minimum absolute atomic E-state index is 0.233. The molecule has 0 bridgehead atoms. The van der Waals surface area contributed by atoms with Crippen LogP contribution in [0, 0.1) is 6.92 Å². The standard InChI is InChI=1S/C16H19N3O3/c1-11-9-14(18(3)17-11)15(20)19(12(2)16(21)22)10-13-7-5-4-6-8-13/h4-9,12H,10H2,1-3H3,(H,21,22). The van der Waals surface area contributed by atoms with Gasteiger partial charge in [-0.2, -0.15) is 5.10 Å². The Hall–Kier alpha value is -2.63. The number of aliphatic carboxylic acids is 1. The van der Waals surface area contributed by atoms with Crippen LogP contribution in [0.1, 0.15) is 28.7 Å². The van der Waals surface area contributed by atoms with Gasteiger partial charge >= 0.3 is 5.97 Å². The zero-order valence-corrected chi connectivity index (χ0v) is 12.9. The molecule has 2 aromatic rings. The maximum atomic E-state index is 12.7. The van der Waals surface area contributed by atoms with E-state index in [9.17, 15) is 14.7 Å². The molecule has 0 saturated heterocycles. The molecule has 2 rings (SSSR count). The highest BCUT2D eigenvalue weighted by Crippen LogP contribution is 2.14. The average molecular weight is 301 g/mol. The van der Waals surface area contributed by atoms with Crippen molar-refractivity contribution in [3.8, 4) is 0 Å². The van der Waals surface area contributed by atoms with Crippen molar-refractivity contribution in [3.63, 3.8) is 0 Å². The number of aryl methyl sites for hydroxylation is 2. The highest BCUT2D eigenvalue weighted by Gasteiger charge is 2.28. The third kappa shape index (κ3) is 3.33. The Bertz CT molecular complexity index is 679. The molecule has 1 heterocycles. The van der Waals surface area contributed by atoms with Gasteiger partial charge in [-0.25, -0.2) is 4.79 Å². The first kappa shape index (κ1) is 15.8. The molecule has 1 N–H and O–H groups in total. The molecule has 1 atom stereocenters. The Balaban J connectivity index is 2.33. The second-order valence-electron chi connectivity index (χ2n) is 5.23. The minimum Gasteiger partial charge on any atom is -0.480 e. The first-order valence-electron chi connectivity index (χ1n) is 6.98. The fourth-order valence-electron chi connectivity index (χ4n) is 2.26. The van der Waals surface area contributed by atoms with Crippen molar-refractivity contribution in [3.05, 3.63) is 53.3 Å². The van der Waals surface area contributed by atoms with Crippen molar-refractivity contribution in [1.29, 1.82) is 0 Å². The van der Waals surface area contributed by atoms with E-state index in [1.807, 2.05) is 30.3 Å². The summed E-state index contributed by atoms with van der Waals surface area (Å²) in [5, 5.41) is 13.4. The molecule has 6 heteroatoms. The van der Waals surface area contributed by atoms with Gasteiger partial charge in [0, 0.05) is 13.6 Å². The molecule has 0 fully saturated rings. The summed E-state index contributed by atoms with van der Waals surface area (Å²) in [7, 11) is 1.67. The van der Waals surface area contributed by atoms with Gasteiger partial charge in [0.25, 0.3) is 5.91 Å². The fraction of sp³-hybridized carbons (Fsp3) is 0.312. The summed E-state index contributed by atoms with van der Waals surface area (Å²) >= 11 is 0. The molecule has 0 aliphatic carbocycles. The van der Waals surface area contributed by atoms with Crippen LogP contribution in [0.5, 0.6) is 0 Å². The van der Waals surface area contributed by atoms with Crippen LogP contribution < -0.4 is 0 Å². The van der Waals surface area contributed by atoms with Crippen molar-refractivity contribution in [2.75, 3.05) is 0 Å². The maximum Gasteiger partial charge on any atom is 0.326 e. The molecule has 22 heavy (non-hydrogen) atoms. The van der Waals surface area contributed by atoms with Crippen LogP contribution in [0.4, 0.5) is 0 Å². The highest BCUT2D eigenvalue weighted by molar-refractivity contribution is 5.95. The number of hydrogen-bond donors (Lipinski definition) is 1. The van der Waals surface area contributed by atoms with Crippen LogP contribution in [0.3, 0.4) is 0 Å². The van der Waals surface area contributed by atoms with Gasteiger partial charge in [0.1, 0.15) is 11.7 Å². The van der Waals surface area contributed by atoms with Crippen LogP contribution in [-0.4, -0.2) is 37.7 Å². The summed E-state index contributed by atoms with van der Waals surface area (Å²) in [6.45, 7) is 3.53. The predicted octanol–water partition coefficient (Wildman–Crippen LogP) is 1.84. The van der Waals surface area contributed by atoms with Crippen LogP contribution >= 0.6 is 0 Å². The average Bonchev–Trinajstić information content (AvgIpc) is 2.83. The number of nitrogens with zero attached hydrogens (tertiary/aromatic N) is 3. The van der Waals surface area contributed by atoms with Gasteiger partial charge in [-0.05, 0) is 25.5 Å². The Morgan fingerprint density at radius 2 is 1.95 bits per heavy atom. The Kier molecular flexibility index (Phi) is 4.60. The second-order valence-corrected chi connectivity index (χ2v) is 5.23. The third-order valence-corrected chi connectivity index (χ3v) is 3.50. The predicted molar refractivity (Wildman–Crippen MR) is 81.4 cm³/mol. The van der Waals surface area contributed by atoms with E-state index in [1.54, 1.807) is 20.0 Å². The number of benzene rings is 1. The van der Waals surface area contributed by atoms with Gasteiger partial charge in [0.2, 0.25) is 0 Å². The molecule has 0 aliphatic heterocycles. The van der Waals surface area contributed by atoms with Crippen molar-refractivity contribution < 1.29 is 14.7 Å². The minimum atomic E-state index is -1.04. The lowest BCUT2D eigenvalue weighted by molar-refractivity contribution is -0.141. The lowest BCUT2D eigenvalue weighted by Gasteiger charge is -2.26. The van der Waals surface area contributed by atoms with E-state index >= 15 is 0 Å². The first-order valence-corrected chi connectivity index (χ1v) is 6.98. The molecule has 0 spiro atoms. The summed E-state index contributed by atoms with van der Waals surface area (Å²) in [6, 6.07) is 10.1. The third-order valence-electron chi connectivity index (χ3n) is 3.50. The maximum absolute atomic E-state index is 12.7. The Labute approximate surface area is 129 Å². The van der Waals surface area contributed by atoms with Crippen molar-refractivity contribution in [1.82, 2.24) is 14.7 Å². The van der Waals surface area contributed by atoms with Gasteiger partial charge in [-0.15, -0.1) is 0 Å². The number of hydrogen-bond acceptors (Lipinski definition) is 3. The largest absolute Gasteiger partial charge is 0.480 e. The van der Waals surface area contributed by atoms with E-state index in [-0.39, 0.29) is 12.5 Å². The number of carboxylic acids is 1. The molecule has 116 valence electrons. The van der Waals surface area contributed by atoms with E-state index in [2.05, 4.69) is 5.10 Å². The van der Waals surface area contributed by atoms with Gasteiger partial charge in [-0.3, -0.25) is 9.48 Å². The van der Waals surface area contributed by atoms with E-state index in [0.717, 1.165) is 5.56 Å². The SMILES string of the molecule is Cc1cc(C(=O)N(Cc2ccccc2)C(C)C(=O)O)n(C)n1. The van der Waals surface area contributed by atoms with Gasteiger partial charge in [-0.1, -0.05) is 30.3 Å². The van der Waals surface area contributed by atoms with Crippen molar-refractivity contribution >= 4 is 11.9 Å². The van der Waals surface area contributed by atoms with E-state index in [4.69, 9.17) is 0 Å². The van der Waals surface area contributed by atoms with Crippen LogP contribution in [0.15, 0.2) is 36.4 Å². The lowest BCUT2D eigenvalue weighted by atomic mass is 10.1. The fourth-order valence-corrected chi connectivity index (χ4v) is 2.26. The molecular formula is C16H19N3O3. The zero-order chi connectivity index (χ0) is 16.3. The van der Waals surface area contributed by atoms with Crippen LogP contribution in [0.25, 0.3) is 0 Å². The van der Waals surface area contributed by atoms with E-state index in [1.165, 1.54) is 16.5 Å². The molecular weight excluding hydrogens is 282 g/mol. The molecule has 0 saturated carbocycles. The highest BCUT2D eigenvalue weighted by atomic mass is 16.4. The summed E-state index contributed by atoms with van der Waals surface area (Å²) in [4.78, 5) is 25.4. The molecule has 1 amide bonds. The van der Waals surface area contributed by atoms with E-state index in [0.29, 0.717) is 11.4 Å². The number of carboxylic acid groups (broad SMARTS) is 1. The quantitative estimate of drug-likeness (QED) is 0.914.